The van der Waals surface area contributed by atoms with Gasteiger partial charge in [0.1, 0.15) is 0 Å². The Labute approximate surface area is 180 Å². The summed E-state index contributed by atoms with van der Waals surface area (Å²) in [7, 11) is 0. The van der Waals surface area contributed by atoms with Gasteiger partial charge in [0.05, 0.1) is 12.6 Å². The highest BCUT2D eigenvalue weighted by Gasteiger charge is 2.31. The van der Waals surface area contributed by atoms with Crippen molar-refractivity contribution in [3.63, 3.8) is 0 Å². The molecule has 1 saturated carbocycles. The highest BCUT2D eigenvalue weighted by molar-refractivity contribution is 5.87. The van der Waals surface area contributed by atoms with E-state index < -0.39 is 6.04 Å². The van der Waals surface area contributed by atoms with Crippen LogP contribution in [0.25, 0.3) is 0 Å². The number of carbonyl (C=O) groups is 3. The van der Waals surface area contributed by atoms with Gasteiger partial charge < -0.3 is 21.3 Å². The summed E-state index contributed by atoms with van der Waals surface area (Å²) in [6.07, 6.45) is 3.27. The van der Waals surface area contributed by atoms with Gasteiger partial charge in [-0.1, -0.05) is 20.3 Å². The minimum absolute atomic E-state index is 0. The van der Waals surface area contributed by atoms with E-state index in [1.165, 1.54) is 6.42 Å². The van der Waals surface area contributed by atoms with Gasteiger partial charge >= 0.3 is 0 Å². The van der Waals surface area contributed by atoms with Gasteiger partial charge in [-0.3, -0.25) is 19.3 Å². The molecule has 1 saturated heterocycles. The second kappa shape index (κ2) is 13.2. The van der Waals surface area contributed by atoms with Crippen molar-refractivity contribution in [3.05, 3.63) is 0 Å². The smallest absolute Gasteiger partial charge is 0.239 e. The Kier molecular flexibility index (Phi) is 12.7. The van der Waals surface area contributed by atoms with E-state index in [9.17, 15) is 14.4 Å². The van der Waals surface area contributed by atoms with Crippen LogP contribution in [0.1, 0.15) is 33.1 Å². The first-order chi connectivity index (χ1) is 12.4. The topological polar surface area (TPSA) is 108 Å². The third-order valence-electron chi connectivity index (χ3n) is 5.33. The standard InChI is InChI=1S/C18H33N5O3.2ClH/c1-13(2)16(19)17(25)21-12-15(24)20-6-7-22-8-10-23(11-9-22)18(26)14-4-3-5-14;;/h13-14,16H,3-12,19H2,1-2H3,(H,20,24)(H,21,25);2*1H/t16-;;/m0../s1. The zero-order valence-electron chi connectivity index (χ0n) is 16.8. The lowest BCUT2D eigenvalue weighted by Crippen LogP contribution is -2.52. The highest BCUT2D eigenvalue weighted by atomic mass is 35.5. The summed E-state index contributed by atoms with van der Waals surface area (Å²) in [4.78, 5) is 40.0. The Balaban J connectivity index is 0.00000364. The number of hydrogen-bond donors (Lipinski definition) is 3. The lowest BCUT2D eigenvalue weighted by Gasteiger charge is -2.38. The van der Waals surface area contributed by atoms with Gasteiger partial charge in [-0.05, 0) is 18.8 Å². The van der Waals surface area contributed by atoms with Crippen LogP contribution in [-0.2, 0) is 14.4 Å². The Hall–Kier alpha value is -1.09. The Morgan fingerprint density at radius 3 is 2.14 bits per heavy atom. The van der Waals surface area contributed by atoms with Crippen LogP contribution in [0.3, 0.4) is 0 Å². The van der Waals surface area contributed by atoms with Crippen molar-refractivity contribution in [1.29, 1.82) is 0 Å². The molecule has 10 heteroatoms. The average molecular weight is 440 g/mol. The fraction of sp³-hybridized carbons (Fsp3) is 0.833. The van der Waals surface area contributed by atoms with Gasteiger partial charge in [0, 0.05) is 45.2 Å². The largest absolute Gasteiger partial charge is 0.353 e. The number of amides is 3. The number of nitrogens with one attached hydrogen (secondary N) is 2. The fourth-order valence-electron chi connectivity index (χ4n) is 3.11. The number of piperazine rings is 1. The van der Waals surface area contributed by atoms with E-state index in [-0.39, 0.29) is 55.0 Å². The third kappa shape index (κ3) is 8.11. The van der Waals surface area contributed by atoms with Crippen molar-refractivity contribution in [3.8, 4) is 0 Å². The van der Waals surface area contributed by atoms with E-state index in [2.05, 4.69) is 15.5 Å². The van der Waals surface area contributed by atoms with Crippen LogP contribution in [0.2, 0.25) is 0 Å². The molecule has 0 bridgehead atoms. The quantitative estimate of drug-likeness (QED) is 0.492. The van der Waals surface area contributed by atoms with Crippen molar-refractivity contribution in [1.82, 2.24) is 20.4 Å². The fourth-order valence-corrected chi connectivity index (χ4v) is 3.11. The first kappa shape index (κ1) is 26.9. The molecule has 0 spiro atoms. The molecule has 3 amide bonds. The molecule has 1 aliphatic carbocycles. The Morgan fingerprint density at radius 2 is 1.64 bits per heavy atom. The average Bonchev–Trinajstić information content (AvgIpc) is 2.57. The normalized spacial score (nSPS) is 18.4. The van der Waals surface area contributed by atoms with Gasteiger partial charge in [0.25, 0.3) is 0 Å². The van der Waals surface area contributed by atoms with E-state index in [1.54, 1.807) is 0 Å². The van der Waals surface area contributed by atoms with E-state index in [0.29, 0.717) is 12.5 Å². The zero-order valence-corrected chi connectivity index (χ0v) is 18.4. The molecule has 0 unspecified atom stereocenters. The summed E-state index contributed by atoms with van der Waals surface area (Å²) in [5.74, 6) is 0.0998. The summed E-state index contributed by atoms with van der Waals surface area (Å²) in [6.45, 7) is 8.18. The van der Waals surface area contributed by atoms with Crippen LogP contribution < -0.4 is 16.4 Å². The lowest BCUT2D eigenvalue weighted by atomic mass is 9.84. The van der Waals surface area contributed by atoms with Crippen molar-refractivity contribution in [2.75, 3.05) is 45.8 Å². The maximum atomic E-state index is 12.2. The van der Waals surface area contributed by atoms with E-state index in [0.717, 1.165) is 45.6 Å². The summed E-state index contributed by atoms with van der Waals surface area (Å²) in [5.41, 5.74) is 5.73. The molecule has 8 nitrogen and oxygen atoms in total. The van der Waals surface area contributed by atoms with Crippen LogP contribution in [0.15, 0.2) is 0 Å². The molecule has 1 aliphatic heterocycles. The van der Waals surface area contributed by atoms with E-state index >= 15 is 0 Å². The van der Waals surface area contributed by atoms with Gasteiger partial charge in [0.15, 0.2) is 0 Å². The molecule has 2 fully saturated rings. The maximum Gasteiger partial charge on any atom is 0.239 e. The Morgan fingerprint density at radius 1 is 1.04 bits per heavy atom. The van der Waals surface area contributed by atoms with Crippen molar-refractivity contribution < 1.29 is 14.4 Å². The monoisotopic (exact) mass is 439 g/mol. The molecule has 2 aliphatic rings. The van der Waals surface area contributed by atoms with E-state index in [4.69, 9.17) is 5.73 Å². The SMILES string of the molecule is CC(C)[C@H](N)C(=O)NCC(=O)NCCN1CCN(C(=O)C2CCC2)CC1.Cl.Cl. The molecule has 0 aromatic heterocycles. The zero-order chi connectivity index (χ0) is 19.1. The molecule has 4 N–H and O–H groups in total. The summed E-state index contributed by atoms with van der Waals surface area (Å²) >= 11 is 0. The molecule has 0 aromatic carbocycles. The predicted molar refractivity (Wildman–Crippen MR) is 114 cm³/mol. The molecular weight excluding hydrogens is 405 g/mol. The highest BCUT2D eigenvalue weighted by Crippen LogP contribution is 2.28. The van der Waals surface area contributed by atoms with Crippen LogP contribution in [0.5, 0.6) is 0 Å². The van der Waals surface area contributed by atoms with Crippen LogP contribution >= 0.6 is 24.8 Å². The Bertz CT molecular complexity index is 509. The van der Waals surface area contributed by atoms with Crippen LogP contribution in [0, 0.1) is 11.8 Å². The molecule has 0 radical (unpaired) electrons. The molecule has 28 heavy (non-hydrogen) atoms. The summed E-state index contributed by atoms with van der Waals surface area (Å²) in [5, 5.41) is 5.37. The molecule has 2 rings (SSSR count). The third-order valence-corrected chi connectivity index (χ3v) is 5.33. The first-order valence-electron chi connectivity index (χ1n) is 9.69. The summed E-state index contributed by atoms with van der Waals surface area (Å²) in [6, 6.07) is -0.596. The minimum atomic E-state index is -0.596. The van der Waals surface area contributed by atoms with Crippen LogP contribution in [-0.4, -0.2) is 79.4 Å². The predicted octanol–water partition coefficient (Wildman–Crippen LogP) is -0.01000. The van der Waals surface area contributed by atoms with Crippen LogP contribution in [0.4, 0.5) is 0 Å². The van der Waals surface area contributed by atoms with Crippen molar-refractivity contribution in [2.45, 2.75) is 39.2 Å². The molecule has 1 heterocycles. The number of carbonyl (C=O) groups excluding carboxylic acids is 3. The number of nitrogens with two attached hydrogens (primary N) is 1. The van der Waals surface area contributed by atoms with Gasteiger partial charge in [-0.15, -0.1) is 24.8 Å². The van der Waals surface area contributed by atoms with Gasteiger partial charge in [-0.2, -0.15) is 0 Å². The second-order valence-corrected chi connectivity index (χ2v) is 7.63. The number of hydrogen-bond acceptors (Lipinski definition) is 5. The molecule has 164 valence electrons. The van der Waals surface area contributed by atoms with Crippen molar-refractivity contribution in [2.24, 2.45) is 17.6 Å². The van der Waals surface area contributed by atoms with Gasteiger partial charge in [0.2, 0.25) is 17.7 Å². The molecule has 1 atom stereocenters. The van der Waals surface area contributed by atoms with Crippen molar-refractivity contribution >= 4 is 42.5 Å². The number of halogens is 2. The number of nitrogens with zero attached hydrogens (tertiary/aromatic N) is 2. The number of rotatable bonds is 8. The summed E-state index contributed by atoms with van der Waals surface area (Å²) < 4.78 is 0. The van der Waals surface area contributed by atoms with Gasteiger partial charge in [-0.25, -0.2) is 0 Å². The lowest BCUT2D eigenvalue weighted by molar-refractivity contribution is -0.139. The molecular formula is C18H35Cl2N5O3. The second-order valence-electron chi connectivity index (χ2n) is 7.63. The minimum Gasteiger partial charge on any atom is -0.353 e. The molecule has 0 aromatic rings. The van der Waals surface area contributed by atoms with E-state index in [1.807, 2.05) is 18.7 Å². The first-order valence-corrected chi connectivity index (χ1v) is 9.69. The maximum absolute atomic E-state index is 12.2.